The highest BCUT2D eigenvalue weighted by molar-refractivity contribution is 7.92. The molecule has 0 bridgehead atoms. The van der Waals surface area contributed by atoms with Crippen molar-refractivity contribution in [3.63, 3.8) is 0 Å². The van der Waals surface area contributed by atoms with E-state index in [0.717, 1.165) is 49.5 Å². The van der Waals surface area contributed by atoms with Gasteiger partial charge in [-0.05, 0) is 37.5 Å². The molecule has 0 radical (unpaired) electrons. The molecule has 1 aliphatic rings. The third-order valence-corrected chi connectivity index (χ3v) is 6.06. The Kier molecular flexibility index (Phi) is 6.17. The first kappa shape index (κ1) is 21.2. The average Bonchev–Trinajstić information content (AvgIpc) is 2.68. The van der Waals surface area contributed by atoms with Gasteiger partial charge in [-0.25, -0.2) is 8.42 Å². The SMILES string of the molecule is COc1cc(NC(=O)C2(c3cccc(C)c3)CCCCC2)ccc1NS(C)(=O)=O. The lowest BCUT2D eigenvalue weighted by Crippen LogP contribution is -2.42. The number of hydrogen-bond acceptors (Lipinski definition) is 4. The monoisotopic (exact) mass is 416 g/mol. The van der Waals surface area contributed by atoms with Gasteiger partial charge in [0.25, 0.3) is 0 Å². The van der Waals surface area contributed by atoms with Gasteiger partial charge in [0, 0.05) is 11.8 Å². The maximum Gasteiger partial charge on any atom is 0.235 e. The van der Waals surface area contributed by atoms with Crippen LogP contribution >= 0.6 is 0 Å². The number of carbonyl (C=O) groups excluding carboxylic acids is 1. The minimum Gasteiger partial charge on any atom is -0.494 e. The number of hydrogen-bond donors (Lipinski definition) is 2. The van der Waals surface area contributed by atoms with E-state index in [2.05, 4.69) is 16.1 Å². The Hall–Kier alpha value is -2.54. The van der Waals surface area contributed by atoms with Crippen molar-refractivity contribution in [1.82, 2.24) is 0 Å². The number of ether oxygens (including phenoxy) is 1. The third kappa shape index (κ3) is 4.90. The van der Waals surface area contributed by atoms with E-state index in [1.165, 1.54) is 7.11 Å². The van der Waals surface area contributed by atoms with Crippen LogP contribution in [0.1, 0.15) is 43.2 Å². The lowest BCUT2D eigenvalue weighted by atomic mass is 9.68. The largest absolute Gasteiger partial charge is 0.494 e. The van der Waals surface area contributed by atoms with Crippen LogP contribution in [0.4, 0.5) is 11.4 Å². The van der Waals surface area contributed by atoms with E-state index in [0.29, 0.717) is 17.1 Å². The normalized spacial score (nSPS) is 16.1. The van der Waals surface area contributed by atoms with E-state index < -0.39 is 15.4 Å². The molecule has 2 N–H and O–H groups in total. The van der Waals surface area contributed by atoms with Gasteiger partial charge in [0.05, 0.1) is 24.5 Å². The summed E-state index contributed by atoms with van der Waals surface area (Å²) in [5.74, 6) is 0.315. The minimum absolute atomic E-state index is 0.0336. The van der Waals surface area contributed by atoms with Crippen molar-refractivity contribution in [2.45, 2.75) is 44.4 Å². The van der Waals surface area contributed by atoms with Gasteiger partial charge in [0.2, 0.25) is 15.9 Å². The van der Waals surface area contributed by atoms with E-state index in [1.807, 2.05) is 25.1 Å². The zero-order valence-corrected chi connectivity index (χ0v) is 17.9. The van der Waals surface area contributed by atoms with Crippen LogP contribution in [0, 0.1) is 6.92 Å². The molecule has 3 rings (SSSR count). The number of aryl methyl sites for hydroxylation is 1. The second kappa shape index (κ2) is 8.45. The predicted octanol–water partition coefficient (Wildman–Crippen LogP) is 4.22. The summed E-state index contributed by atoms with van der Waals surface area (Å²) in [6.07, 6.45) is 5.88. The van der Waals surface area contributed by atoms with Crippen molar-refractivity contribution < 1.29 is 17.9 Å². The number of rotatable bonds is 6. The lowest BCUT2D eigenvalue weighted by molar-refractivity contribution is -0.122. The molecule has 2 aromatic carbocycles. The van der Waals surface area contributed by atoms with Crippen LogP contribution in [0.5, 0.6) is 5.75 Å². The Labute approximate surface area is 172 Å². The van der Waals surface area contributed by atoms with Crippen LogP contribution in [-0.2, 0) is 20.2 Å². The molecule has 0 saturated heterocycles. The fraction of sp³-hybridized carbons (Fsp3) is 0.409. The molecule has 6 nitrogen and oxygen atoms in total. The standard InChI is InChI=1S/C22H28N2O4S/c1-16-8-7-9-17(14-16)22(12-5-4-6-13-22)21(25)23-18-10-11-19(20(15-18)28-2)24-29(3,26)27/h7-11,14-15,24H,4-6,12-13H2,1-3H3,(H,23,25). The highest BCUT2D eigenvalue weighted by Gasteiger charge is 2.41. The number of nitrogens with one attached hydrogen (secondary N) is 2. The van der Waals surface area contributed by atoms with Crippen molar-refractivity contribution in [2.24, 2.45) is 0 Å². The molecule has 1 aliphatic carbocycles. The van der Waals surface area contributed by atoms with Crippen molar-refractivity contribution in [3.05, 3.63) is 53.6 Å². The molecule has 0 aromatic heterocycles. The zero-order chi connectivity index (χ0) is 21.1. The third-order valence-electron chi connectivity index (χ3n) is 5.47. The van der Waals surface area contributed by atoms with Gasteiger partial charge in [-0.2, -0.15) is 0 Å². The fourth-order valence-electron chi connectivity index (χ4n) is 4.05. The first-order valence-electron chi connectivity index (χ1n) is 9.78. The molecule has 0 atom stereocenters. The molecule has 1 fully saturated rings. The number of amides is 1. The first-order chi connectivity index (χ1) is 13.7. The predicted molar refractivity (Wildman–Crippen MR) is 116 cm³/mol. The summed E-state index contributed by atoms with van der Waals surface area (Å²) in [7, 11) is -1.97. The van der Waals surface area contributed by atoms with Gasteiger partial charge in [0.1, 0.15) is 5.75 Å². The lowest BCUT2D eigenvalue weighted by Gasteiger charge is -2.36. The molecular formula is C22H28N2O4S. The molecule has 0 heterocycles. The summed E-state index contributed by atoms with van der Waals surface area (Å²) >= 11 is 0. The molecule has 2 aromatic rings. The van der Waals surface area contributed by atoms with Crippen LogP contribution in [-0.4, -0.2) is 27.7 Å². The van der Waals surface area contributed by atoms with Crippen LogP contribution < -0.4 is 14.8 Å². The minimum atomic E-state index is -3.43. The Morgan fingerprint density at radius 2 is 1.79 bits per heavy atom. The van der Waals surface area contributed by atoms with Crippen LogP contribution in [0.25, 0.3) is 0 Å². The molecule has 156 valence electrons. The number of anilines is 2. The van der Waals surface area contributed by atoms with Gasteiger partial charge >= 0.3 is 0 Å². The van der Waals surface area contributed by atoms with Crippen molar-refractivity contribution >= 4 is 27.3 Å². The summed E-state index contributed by atoms with van der Waals surface area (Å²) in [6.45, 7) is 2.04. The molecule has 29 heavy (non-hydrogen) atoms. The Morgan fingerprint density at radius 1 is 1.07 bits per heavy atom. The summed E-state index contributed by atoms with van der Waals surface area (Å²) in [5, 5.41) is 3.04. The van der Waals surface area contributed by atoms with Crippen LogP contribution in [0.3, 0.4) is 0 Å². The molecule has 0 aliphatic heterocycles. The molecule has 0 unspecified atom stereocenters. The van der Waals surface area contributed by atoms with E-state index in [4.69, 9.17) is 4.74 Å². The Bertz CT molecular complexity index is 996. The second-order valence-corrected chi connectivity index (χ2v) is 9.50. The summed E-state index contributed by atoms with van der Waals surface area (Å²) in [6, 6.07) is 13.1. The van der Waals surface area contributed by atoms with Crippen LogP contribution in [0.15, 0.2) is 42.5 Å². The number of carbonyl (C=O) groups is 1. The fourth-order valence-corrected chi connectivity index (χ4v) is 4.62. The van der Waals surface area contributed by atoms with E-state index in [9.17, 15) is 13.2 Å². The van der Waals surface area contributed by atoms with Gasteiger partial charge < -0.3 is 10.1 Å². The number of benzene rings is 2. The van der Waals surface area contributed by atoms with E-state index in [1.54, 1.807) is 18.2 Å². The topological polar surface area (TPSA) is 84.5 Å². The molecule has 0 spiro atoms. The van der Waals surface area contributed by atoms with Crippen LogP contribution in [0.2, 0.25) is 0 Å². The van der Waals surface area contributed by atoms with E-state index >= 15 is 0 Å². The quantitative estimate of drug-likeness (QED) is 0.739. The molecule has 1 amide bonds. The first-order valence-corrected chi connectivity index (χ1v) is 11.7. The number of sulfonamides is 1. The highest BCUT2D eigenvalue weighted by Crippen LogP contribution is 2.41. The van der Waals surface area contributed by atoms with Crippen molar-refractivity contribution in [2.75, 3.05) is 23.4 Å². The van der Waals surface area contributed by atoms with Gasteiger partial charge in [-0.3, -0.25) is 9.52 Å². The Morgan fingerprint density at radius 3 is 2.41 bits per heavy atom. The summed E-state index contributed by atoms with van der Waals surface area (Å²) < 4.78 is 30.8. The molecule has 7 heteroatoms. The van der Waals surface area contributed by atoms with E-state index in [-0.39, 0.29) is 5.91 Å². The summed E-state index contributed by atoms with van der Waals surface area (Å²) in [4.78, 5) is 13.5. The van der Waals surface area contributed by atoms with Crippen molar-refractivity contribution in [1.29, 1.82) is 0 Å². The molecular weight excluding hydrogens is 388 g/mol. The maximum atomic E-state index is 13.5. The maximum absolute atomic E-state index is 13.5. The zero-order valence-electron chi connectivity index (χ0n) is 17.1. The van der Waals surface area contributed by atoms with Gasteiger partial charge in [-0.1, -0.05) is 49.1 Å². The number of methoxy groups -OCH3 is 1. The average molecular weight is 417 g/mol. The van der Waals surface area contributed by atoms with Crippen molar-refractivity contribution in [3.8, 4) is 5.75 Å². The second-order valence-electron chi connectivity index (χ2n) is 7.76. The van der Waals surface area contributed by atoms with Gasteiger partial charge in [-0.15, -0.1) is 0 Å². The highest BCUT2D eigenvalue weighted by atomic mass is 32.2. The molecule has 1 saturated carbocycles. The smallest absolute Gasteiger partial charge is 0.235 e. The van der Waals surface area contributed by atoms with Gasteiger partial charge in [0.15, 0.2) is 0 Å². The summed E-state index contributed by atoms with van der Waals surface area (Å²) in [5.41, 5.74) is 2.54. The Balaban J connectivity index is 1.90.